The van der Waals surface area contributed by atoms with Gasteiger partial charge in [-0.1, -0.05) is 25.8 Å². The predicted octanol–water partition coefficient (Wildman–Crippen LogP) is 2.23. The van der Waals surface area contributed by atoms with Crippen LogP contribution in [0.2, 0.25) is 0 Å². The quantitative estimate of drug-likeness (QED) is 0.780. The van der Waals surface area contributed by atoms with E-state index in [-0.39, 0.29) is 11.8 Å². The summed E-state index contributed by atoms with van der Waals surface area (Å²) in [6.45, 7) is 4.52. The van der Waals surface area contributed by atoms with Crippen LogP contribution in [0.4, 0.5) is 5.69 Å². The van der Waals surface area contributed by atoms with E-state index in [1.807, 2.05) is 18.2 Å². The van der Waals surface area contributed by atoms with E-state index in [2.05, 4.69) is 25.1 Å². The number of hydrogen-bond acceptors (Lipinski definition) is 2. The van der Waals surface area contributed by atoms with Crippen molar-refractivity contribution < 1.29 is 4.79 Å². The molecule has 3 nitrogen and oxygen atoms in total. The number of amides is 1. The molecule has 18 heavy (non-hydrogen) atoms. The van der Waals surface area contributed by atoms with Crippen molar-refractivity contribution in [2.45, 2.75) is 20.3 Å². The highest BCUT2D eigenvalue weighted by Gasteiger charge is 2.18. The molecule has 0 aromatic heterocycles. The Hall–Kier alpha value is -1.79. The van der Waals surface area contributed by atoms with E-state index in [1.54, 1.807) is 6.07 Å². The van der Waals surface area contributed by atoms with Crippen LogP contribution in [-0.2, 0) is 4.79 Å². The summed E-state index contributed by atoms with van der Waals surface area (Å²) < 4.78 is 0. The molecule has 1 unspecified atom stereocenters. The first kappa shape index (κ1) is 14.3. The fourth-order valence-corrected chi connectivity index (χ4v) is 1.81. The standard InChI is InChI=1S/C15H20N2O/c1-4-12-6-5-7-14(9-12)17-15(18)13(10-16)8-11(2)3/h1,5-7,9,11,13H,8,10,16H2,2-3H3,(H,17,18). The maximum Gasteiger partial charge on any atom is 0.228 e. The Balaban J connectivity index is 2.70. The SMILES string of the molecule is C#Cc1cccc(NC(=O)C(CN)CC(C)C)c1. The number of anilines is 1. The third-order valence-electron chi connectivity index (χ3n) is 2.71. The lowest BCUT2D eigenvalue weighted by atomic mass is 9.96. The van der Waals surface area contributed by atoms with Crippen LogP contribution in [0.25, 0.3) is 0 Å². The Kier molecular flexibility index (Phi) is 5.41. The molecule has 1 aromatic carbocycles. The number of hydrogen-bond donors (Lipinski definition) is 2. The second-order valence-electron chi connectivity index (χ2n) is 4.78. The lowest BCUT2D eigenvalue weighted by Crippen LogP contribution is -2.30. The van der Waals surface area contributed by atoms with E-state index in [9.17, 15) is 4.79 Å². The van der Waals surface area contributed by atoms with Crippen molar-refractivity contribution in [2.24, 2.45) is 17.6 Å². The smallest absolute Gasteiger partial charge is 0.228 e. The van der Waals surface area contributed by atoms with Gasteiger partial charge in [-0.25, -0.2) is 0 Å². The van der Waals surface area contributed by atoms with Gasteiger partial charge in [0, 0.05) is 17.8 Å². The van der Waals surface area contributed by atoms with Crippen molar-refractivity contribution in [3.05, 3.63) is 29.8 Å². The molecule has 0 spiro atoms. The molecule has 0 heterocycles. The zero-order valence-corrected chi connectivity index (χ0v) is 10.9. The molecular weight excluding hydrogens is 224 g/mol. The lowest BCUT2D eigenvalue weighted by Gasteiger charge is -2.16. The fourth-order valence-electron chi connectivity index (χ4n) is 1.81. The van der Waals surface area contributed by atoms with Crippen molar-refractivity contribution in [1.82, 2.24) is 0 Å². The topological polar surface area (TPSA) is 55.1 Å². The molecule has 0 bridgehead atoms. The normalized spacial score (nSPS) is 11.9. The van der Waals surface area contributed by atoms with Crippen LogP contribution < -0.4 is 11.1 Å². The summed E-state index contributed by atoms with van der Waals surface area (Å²) in [7, 11) is 0. The van der Waals surface area contributed by atoms with Crippen LogP contribution in [0.3, 0.4) is 0 Å². The summed E-state index contributed by atoms with van der Waals surface area (Å²) in [5.74, 6) is 2.79. The first-order valence-corrected chi connectivity index (χ1v) is 6.14. The molecule has 1 rings (SSSR count). The highest BCUT2D eigenvalue weighted by Crippen LogP contribution is 2.15. The highest BCUT2D eigenvalue weighted by molar-refractivity contribution is 5.92. The van der Waals surface area contributed by atoms with E-state index in [0.717, 1.165) is 17.7 Å². The van der Waals surface area contributed by atoms with Gasteiger partial charge in [0.1, 0.15) is 0 Å². The van der Waals surface area contributed by atoms with Gasteiger partial charge in [0.25, 0.3) is 0 Å². The summed E-state index contributed by atoms with van der Waals surface area (Å²) in [4.78, 5) is 12.0. The predicted molar refractivity (Wildman–Crippen MR) is 75.0 cm³/mol. The molecule has 0 aliphatic rings. The molecule has 0 saturated carbocycles. The van der Waals surface area contributed by atoms with Crippen LogP contribution in [0.15, 0.2) is 24.3 Å². The minimum atomic E-state index is -0.153. The van der Waals surface area contributed by atoms with Gasteiger partial charge in [-0.2, -0.15) is 0 Å². The Bertz CT molecular complexity index is 446. The zero-order valence-electron chi connectivity index (χ0n) is 10.9. The Morgan fingerprint density at radius 1 is 1.50 bits per heavy atom. The number of terminal acetylenes is 1. The molecule has 0 radical (unpaired) electrons. The molecular formula is C15H20N2O. The minimum absolute atomic E-state index is 0.0413. The molecule has 0 aliphatic heterocycles. The lowest BCUT2D eigenvalue weighted by molar-refractivity contribution is -0.120. The van der Waals surface area contributed by atoms with E-state index in [1.165, 1.54) is 0 Å². The van der Waals surface area contributed by atoms with Crippen LogP contribution in [0, 0.1) is 24.2 Å². The molecule has 3 heteroatoms. The first-order valence-electron chi connectivity index (χ1n) is 6.14. The molecule has 1 atom stereocenters. The number of nitrogens with two attached hydrogens (primary N) is 1. The first-order chi connectivity index (χ1) is 8.56. The van der Waals surface area contributed by atoms with Gasteiger partial charge in [0.15, 0.2) is 0 Å². The summed E-state index contributed by atoms with van der Waals surface area (Å²) in [5, 5.41) is 2.86. The third-order valence-corrected chi connectivity index (χ3v) is 2.71. The Labute approximate surface area is 109 Å². The molecule has 0 fully saturated rings. The van der Waals surface area contributed by atoms with Crippen molar-refractivity contribution in [1.29, 1.82) is 0 Å². The van der Waals surface area contributed by atoms with Crippen LogP contribution in [0.5, 0.6) is 0 Å². The van der Waals surface area contributed by atoms with Gasteiger partial charge >= 0.3 is 0 Å². The van der Waals surface area contributed by atoms with Crippen molar-refractivity contribution in [3.8, 4) is 12.3 Å². The molecule has 0 saturated heterocycles. The summed E-state index contributed by atoms with van der Waals surface area (Å²) in [5.41, 5.74) is 7.11. The van der Waals surface area contributed by atoms with E-state index < -0.39 is 0 Å². The van der Waals surface area contributed by atoms with Gasteiger partial charge < -0.3 is 11.1 Å². The number of rotatable bonds is 5. The zero-order chi connectivity index (χ0) is 13.5. The molecule has 0 aliphatic carbocycles. The Morgan fingerprint density at radius 3 is 2.78 bits per heavy atom. The molecule has 3 N–H and O–H groups in total. The van der Waals surface area contributed by atoms with Crippen molar-refractivity contribution in [3.63, 3.8) is 0 Å². The van der Waals surface area contributed by atoms with Crippen molar-refractivity contribution in [2.75, 3.05) is 11.9 Å². The molecule has 1 amide bonds. The van der Waals surface area contributed by atoms with Gasteiger partial charge in [-0.3, -0.25) is 4.79 Å². The minimum Gasteiger partial charge on any atom is -0.330 e. The van der Waals surface area contributed by atoms with Crippen molar-refractivity contribution >= 4 is 11.6 Å². The maximum absolute atomic E-state index is 12.0. The summed E-state index contributed by atoms with van der Waals surface area (Å²) in [6.07, 6.45) is 6.11. The van der Waals surface area contributed by atoms with E-state index in [4.69, 9.17) is 12.2 Å². The van der Waals surface area contributed by atoms with E-state index >= 15 is 0 Å². The molecule has 96 valence electrons. The van der Waals surface area contributed by atoms with Crippen LogP contribution >= 0.6 is 0 Å². The largest absolute Gasteiger partial charge is 0.330 e. The number of nitrogens with one attached hydrogen (secondary N) is 1. The van der Waals surface area contributed by atoms with Crippen LogP contribution in [-0.4, -0.2) is 12.5 Å². The number of carbonyl (C=O) groups excluding carboxylic acids is 1. The second kappa shape index (κ2) is 6.83. The maximum atomic E-state index is 12.0. The third kappa shape index (κ3) is 4.23. The number of benzene rings is 1. The van der Waals surface area contributed by atoms with Gasteiger partial charge in [0.05, 0.1) is 5.92 Å². The fraction of sp³-hybridized carbons (Fsp3) is 0.400. The average Bonchev–Trinajstić information content (AvgIpc) is 2.35. The second-order valence-corrected chi connectivity index (χ2v) is 4.78. The van der Waals surface area contributed by atoms with E-state index in [0.29, 0.717) is 12.5 Å². The number of carbonyl (C=O) groups is 1. The summed E-state index contributed by atoms with van der Waals surface area (Å²) >= 11 is 0. The average molecular weight is 244 g/mol. The summed E-state index contributed by atoms with van der Waals surface area (Å²) in [6, 6.07) is 7.25. The molecule has 1 aromatic rings. The highest BCUT2D eigenvalue weighted by atomic mass is 16.1. The van der Waals surface area contributed by atoms with Gasteiger partial charge in [0.2, 0.25) is 5.91 Å². The van der Waals surface area contributed by atoms with Gasteiger partial charge in [-0.05, 0) is 30.5 Å². The Morgan fingerprint density at radius 2 is 2.22 bits per heavy atom. The van der Waals surface area contributed by atoms with Gasteiger partial charge in [-0.15, -0.1) is 6.42 Å². The monoisotopic (exact) mass is 244 g/mol. The van der Waals surface area contributed by atoms with Crippen LogP contribution in [0.1, 0.15) is 25.8 Å².